The zero-order valence-electron chi connectivity index (χ0n) is 13.4. The second-order valence-corrected chi connectivity index (χ2v) is 8.44. The highest BCUT2D eigenvalue weighted by Crippen LogP contribution is 2.32. The first-order valence-corrected chi connectivity index (χ1v) is 9.66. The Labute approximate surface area is 154 Å². The van der Waals surface area contributed by atoms with Crippen LogP contribution in [0.2, 0.25) is 0 Å². The summed E-state index contributed by atoms with van der Waals surface area (Å²) >= 11 is 5.18. The normalized spacial score (nSPS) is 18.5. The maximum atomic E-state index is 13.0. The monoisotopic (exact) mass is 400 g/mol. The number of nitrogens with zero attached hydrogens (tertiary/aromatic N) is 1. The Morgan fingerprint density at radius 3 is 2.42 bits per heavy atom. The molecule has 0 aromatic heterocycles. The minimum atomic E-state index is -4.49. The van der Waals surface area contributed by atoms with Gasteiger partial charge in [0.05, 0.1) is 10.5 Å². The lowest BCUT2D eigenvalue weighted by Crippen LogP contribution is -2.56. The van der Waals surface area contributed by atoms with Crippen LogP contribution in [0.3, 0.4) is 0 Å². The molecule has 0 bridgehead atoms. The van der Waals surface area contributed by atoms with Crippen molar-refractivity contribution >= 4 is 32.9 Å². The fourth-order valence-electron chi connectivity index (χ4n) is 2.73. The molecule has 138 valence electrons. The highest BCUT2D eigenvalue weighted by atomic mass is 32.2. The van der Waals surface area contributed by atoms with E-state index in [4.69, 9.17) is 12.2 Å². The van der Waals surface area contributed by atoms with Crippen LogP contribution in [0.25, 0.3) is 0 Å². The summed E-state index contributed by atoms with van der Waals surface area (Å²) in [7, 11) is -3.65. The van der Waals surface area contributed by atoms with E-state index < -0.39 is 26.8 Å². The van der Waals surface area contributed by atoms with Gasteiger partial charge in [-0.05, 0) is 42.5 Å². The molecule has 0 saturated carbocycles. The molecule has 2 aromatic rings. The number of benzene rings is 2. The lowest BCUT2D eigenvalue weighted by atomic mass is 10.1. The van der Waals surface area contributed by atoms with E-state index in [1.54, 1.807) is 18.2 Å². The molecule has 0 aliphatic carbocycles. The summed E-state index contributed by atoms with van der Waals surface area (Å²) < 4.78 is 64.5. The summed E-state index contributed by atoms with van der Waals surface area (Å²) in [6, 6.07) is 12.6. The molecular formula is C17H15F3N2O2S2. The second kappa shape index (κ2) is 6.88. The van der Waals surface area contributed by atoms with E-state index in [-0.39, 0.29) is 28.8 Å². The smallest absolute Gasteiger partial charge is 0.361 e. The van der Waals surface area contributed by atoms with Crippen LogP contribution in [-0.4, -0.2) is 31.9 Å². The first kappa shape index (κ1) is 18.7. The Morgan fingerprint density at radius 1 is 1.08 bits per heavy atom. The van der Waals surface area contributed by atoms with Crippen molar-refractivity contribution in [2.24, 2.45) is 0 Å². The molecule has 1 unspecified atom stereocenters. The second-order valence-electron chi connectivity index (χ2n) is 5.82. The number of alkyl halides is 3. The van der Waals surface area contributed by atoms with E-state index in [1.807, 2.05) is 0 Å². The lowest BCUT2D eigenvalue weighted by Gasteiger charge is -2.35. The predicted octanol–water partition coefficient (Wildman–Crippen LogP) is 3.24. The highest BCUT2D eigenvalue weighted by Gasteiger charge is 2.35. The number of hydrogen-bond donors (Lipinski definition) is 1. The molecule has 1 saturated heterocycles. The van der Waals surface area contributed by atoms with Crippen LogP contribution in [0, 0.1) is 0 Å². The fourth-order valence-corrected chi connectivity index (χ4v) is 4.56. The molecule has 9 heteroatoms. The lowest BCUT2D eigenvalue weighted by molar-refractivity contribution is -0.137. The Balaban J connectivity index is 1.91. The van der Waals surface area contributed by atoms with Crippen LogP contribution in [0.5, 0.6) is 0 Å². The topological polar surface area (TPSA) is 49.4 Å². The summed E-state index contributed by atoms with van der Waals surface area (Å²) in [4.78, 5) is 1.56. The van der Waals surface area contributed by atoms with E-state index in [9.17, 15) is 21.6 Å². The van der Waals surface area contributed by atoms with Crippen molar-refractivity contribution in [3.63, 3.8) is 0 Å². The average Bonchev–Trinajstić information content (AvgIpc) is 2.62. The Kier molecular flexibility index (Phi) is 4.94. The number of rotatable bonds is 3. The van der Waals surface area contributed by atoms with Gasteiger partial charge in [-0.3, -0.25) is 0 Å². The zero-order valence-corrected chi connectivity index (χ0v) is 15.0. The third-order valence-electron chi connectivity index (χ3n) is 4.11. The number of hydrogen-bond acceptors (Lipinski definition) is 3. The Bertz CT molecular complexity index is 915. The molecule has 1 aliphatic rings. The molecule has 0 spiro atoms. The van der Waals surface area contributed by atoms with Gasteiger partial charge in [0.25, 0.3) is 0 Å². The standard InChI is InChI=1S/C17H15F3N2O2S2/c18-17(19,20)12-5-4-6-13(9-12)22-11-15(10-21-16(22)25)26(23,24)14-7-2-1-3-8-14/h1-9,15H,10-11H2,(H,21,25). The van der Waals surface area contributed by atoms with E-state index in [2.05, 4.69) is 5.32 Å². The molecule has 0 radical (unpaired) electrons. The number of nitrogens with one attached hydrogen (secondary N) is 1. The summed E-state index contributed by atoms with van der Waals surface area (Å²) in [6.07, 6.45) is -4.49. The van der Waals surface area contributed by atoms with Crippen molar-refractivity contribution < 1.29 is 21.6 Å². The molecule has 1 aliphatic heterocycles. The van der Waals surface area contributed by atoms with E-state index in [0.717, 1.165) is 12.1 Å². The van der Waals surface area contributed by atoms with Crippen LogP contribution >= 0.6 is 12.2 Å². The maximum Gasteiger partial charge on any atom is 0.416 e. The van der Waals surface area contributed by atoms with E-state index >= 15 is 0 Å². The summed E-state index contributed by atoms with van der Waals surface area (Å²) in [5.74, 6) is 0. The van der Waals surface area contributed by atoms with Crippen LogP contribution in [-0.2, 0) is 16.0 Å². The van der Waals surface area contributed by atoms with Gasteiger partial charge in [0, 0.05) is 18.8 Å². The predicted molar refractivity (Wildman–Crippen MR) is 96.8 cm³/mol. The van der Waals surface area contributed by atoms with Crippen LogP contribution in [0.4, 0.5) is 18.9 Å². The van der Waals surface area contributed by atoms with Gasteiger partial charge in [-0.1, -0.05) is 24.3 Å². The van der Waals surface area contributed by atoms with Gasteiger partial charge in [0.2, 0.25) is 0 Å². The average molecular weight is 400 g/mol. The largest absolute Gasteiger partial charge is 0.416 e. The molecule has 1 fully saturated rings. The molecule has 26 heavy (non-hydrogen) atoms. The minimum Gasteiger partial charge on any atom is -0.361 e. The van der Waals surface area contributed by atoms with E-state index in [1.165, 1.54) is 29.2 Å². The zero-order chi connectivity index (χ0) is 18.9. The molecular weight excluding hydrogens is 385 g/mol. The maximum absolute atomic E-state index is 13.0. The van der Waals surface area contributed by atoms with Gasteiger partial charge in [-0.15, -0.1) is 0 Å². The van der Waals surface area contributed by atoms with Crippen molar-refractivity contribution in [3.8, 4) is 0 Å². The van der Waals surface area contributed by atoms with Gasteiger partial charge >= 0.3 is 6.18 Å². The molecule has 0 amide bonds. The molecule has 1 heterocycles. The third-order valence-corrected chi connectivity index (χ3v) is 6.60. The first-order valence-electron chi connectivity index (χ1n) is 7.71. The van der Waals surface area contributed by atoms with Gasteiger partial charge < -0.3 is 10.2 Å². The SMILES string of the molecule is O=S(=O)(c1ccccc1)C1CNC(=S)N(c2cccc(C(F)(F)F)c2)C1. The van der Waals surface area contributed by atoms with E-state index in [0.29, 0.717) is 0 Å². The Hall–Kier alpha value is -2.13. The highest BCUT2D eigenvalue weighted by molar-refractivity contribution is 7.92. The molecule has 1 N–H and O–H groups in total. The quantitative estimate of drug-likeness (QED) is 0.802. The van der Waals surface area contributed by atoms with Crippen molar-refractivity contribution in [2.45, 2.75) is 16.3 Å². The molecule has 3 rings (SSSR count). The fraction of sp³-hybridized carbons (Fsp3) is 0.235. The van der Waals surface area contributed by atoms with Crippen molar-refractivity contribution in [3.05, 3.63) is 60.2 Å². The number of anilines is 1. The Morgan fingerprint density at radius 2 is 1.77 bits per heavy atom. The molecule has 1 atom stereocenters. The van der Waals surface area contributed by atoms with Crippen LogP contribution < -0.4 is 10.2 Å². The molecule has 2 aromatic carbocycles. The van der Waals surface area contributed by atoms with Gasteiger partial charge in [0.1, 0.15) is 5.25 Å². The van der Waals surface area contributed by atoms with Gasteiger partial charge in [-0.25, -0.2) is 8.42 Å². The number of halogens is 3. The third kappa shape index (κ3) is 3.68. The van der Waals surface area contributed by atoms with Crippen molar-refractivity contribution in [1.29, 1.82) is 0 Å². The first-order chi connectivity index (χ1) is 12.2. The van der Waals surface area contributed by atoms with Gasteiger partial charge in [-0.2, -0.15) is 13.2 Å². The number of sulfone groups is 1. The van der Waals surface area contributed by atoms with Crippen molar-refractivity contribution in [1.82, 2.24) is 5.32 Å². The van der Waals surface area contributed by atoms with Crippen LogP contribution in [0.15, 0.2) is 59.5 Å². The number of thiocarbonyl (C=S) groups is 1. The summed E-state index contributed by atoms with van der Waals surface area (Å²) in [5.41, 5.74) is -0.615. The van der Waals surface area contributed by atoms with Crippen LogP contribution in [0.1, 0.15) is 5.56 Å². The van der Waals surface area contributed by atoms with Gasteiger partial charge in [0.15, 0.2) is 14.9 Å². The minimum absolute atomic E-state index is 0.0234. The summed E-state index contributed by atoms with van der Waals surface area (Å²) in [6.45, 7) is 0.0793. The molecule has 4 nitrogen and oxygen atoms in total. The summed E-state index contributed by atoms with van der Waals surface area (Å²) in [5, 5.41) is 2.17. The van der Waals surface area contributed by atoms with Crippen molar-refractivity contribution in [2.75, 3.05) is 18.0 Å².